The van der Waals surface area contributed by atoms with Crippen molar-refractivity contribution in [1.82, 2.24) is 4.90 Å². The van der Waals surface area contributed by atoms with Crippen molar-refractivity contribution in [3.8, 4) is 11.5 Å². The zero-order chi connectivity index (χ0) is 21.7. The van der Waals surface area contributed by atoms with E-state index in [1.165, 1.54) is 12.5 Å². The van der Waals surface area contributed by atoms with Gasteiger partial charge in [0.05, 0.1) is 18.6 Å². The van der Waals surface area contributed by atoms with Gasteiger partial charge in [0, 0.05) is 6.42 Å². The predicted molar refractivity (Wildman–Crippen MR) is 121 cm³/mol. The standard InChI is InChI=1S/C22H21NO5S2/c1-14(21(25)26)23-20(24)19(30-22(23)29)13-16-8-9-17(18(12-16)27-2)28-11-10-15-6-4-3-5-7-15/h3-9,12-14H,10-11H2,1-2H3,(H,25,26)/b19-13-. The van der Waals surface area contributed by atoms with Gasteiger partial charge in [-0.15, -0.1) is 0 Å². The third-order valence-corrected chi connectivity index (χ3v) is 5.88. The number of nitrogens with zero attached hydrogens (tertiary/aromatic N) is 1. The van der Waals surface area contributed by atoms with E-state index in [4.69, 9.17) is 21.7 Å². The predicted octanol–water partition coefficient (Wildman–Crippen LogP) is 3.99. The van der Waals surface area contributed by atoms with Crippen molar-refractivity contribution in [2.45, 2.75) is 19.4 Å². The van der Waals surface area contributed by atoms with E-state index in [1.54, 1.807) is 25.3 Å². The fourth-order valence-corrected chi connectivity index (χ4v) is 4.31. The third kappa shape index (κ3) is 5.01. The smallest absolute Gasteiger partial charge is 0.326 e. The molecule has 0 radical (unpaired) electrons. The lowest BCUT2D eigenvalue weighted by atomic mass is 10.1. The molecule has 1 unspecified atom stereocenters. The fourth-order valence-electron chi connectivity index (χ4n) is 2.89. The summed E-state index contributed by atoms with van der Waals surface area (Å²) in [4.78, 5) is 25.3. The lowest BCUT2D eigenvalue weighted by molar-refractivity contribution is -0.144. The first-order valence-corrected chi connectivity index (χ1v) is 10.5. The molecule has 0 spiro atoms. The van der Waals surface area contributed by atoms with Crippen molar-refractivity contribution in [2.24, 2.45) is 0 Å². The van der Waals surface area contributed by atoms with E-state index in [1.807, 2.05) is 36.4 Å². The van der Waals surface area contributed by atoms with Gasteiger partial charge in [0.2, 0.25) is 0 Å². The molecule has 2 aromatic rings. The number of carboxylic acid groups (broad SMARTS) is 1. The molecule has 2 aromatic carbocycles. The minimum absolute atomic E-state index is 0.231. The van der Waals surface area contributed by atoms with E-state index in [0.717, 1.165) is 28.6 Å². The first kappa shape index (κ1) is 21.9. The summed E-state index contributed by atoms with van der Waals surface area (Å²) in [6.07, 6.45) is 2.44. The number of amides is 1. The molecule has 1 aliphatic heterocycles. The Morgan fingerprint density at radius 1 is 1.23 bits per heavy atom. The lowest BCUT2D eigenvalue weighted by Gasteiger charge is -2.18. The number of ether oxygens (including phenoxy) is 2. The summed E-state index contributed by atoms with van der Waals surface area (Å²) in [5, 5.41) is 9.18. The number of thiocarbonyl (C=S) groups is 1. The molecule has 156 valence electrons. The molecule has 8 heteroatoms. The molecule has 0 saturated carbocycles. The molecule has 6 nitrogen and oxygen atoms in total. The van der Waals surface area contributed by atoms with Crippen molar-refractivity contribution >= 4 is 46.3 Å². The highest BCUT2D eigenvalue weighted by molar-refractivity contribution is 8.26. The molecular formula is C22H21NO5S2. The average Bonchev–Trinajstić information content (AvgIpc) is 3.01. The van der Waals surface area contributed by atoms with Crippen molar-refractivity contribution in [3.05, 3.63) is 64.6 Å². The van der Waals surface area contributed by atoms with Crippen LogP contribution in [0.3, 0.4) is 0 Å². The van der Waals surface area contributed by atoms with Gasteiger partial charge < -0.3 is 14.6 Å². The molecule has 0 aliphatic carbocycles. The molecule has 30 heavy (non-hydrogen) atoms. The molecule has 3 rings (SSSR count). The second-order valence-corrected chi connectivity index (χ2v) is 8.24. The maximum atomic E-state index is 12.6. The molecule has 0 aromatic heterocycles. The summed E-state index contributed by atoms with van der Waals surface area (Å²) >= 11 is 6.27. The quantitative estimate of drug-likeness (QED) is 0.488. The normalized spacial score (nSPS) is 16.1. The number of carboxylic acids is 1. The van der Waals surface area contributed by atoms with Gasteiger partial charge >= 0.3 is 5.97 Å². The van der Waals surface area contributed by atoms with E-state index in [2.05, 4.69) is 0 Å². The second-order valence-electron chi connectivity index (χ2n) is 6.56. The van der Waals surface area contributed by atoms with E-state index in [9.17, 15) is 14.7 Å². The summed E-state index contributed by atoms with van der Waals surface area (Å²) in [6.45, 7) is 1.94. The monoisotopic (exact) mass is 443 g/mol. The number of methoxy groups -OCH3 is 1. The van der Waals surface area contributed by atoms with Crippen LogP contribution in [0.1, 0.15) is 18.1 Å². The van der Waals surface area contributed by atoms with Gasteiger partial charge in [0.1, 0.15) is 10.4 Å². The molecule has 1 fully saturated rings. The zero-order valence-electron chi connectivity index (χ0n) is 16.5. The largest absolute Gasteiger partial charge is 0.493 e. The van der Waals surface area contributed by atoms with E-state index in [0.29, 0.717) is 23.0 Å². The molecule has 1 atom stereocenters. The molecule has 1 amide bonds. The molecule has 0 bridgehead atoms. The van der Waals surface area contributed by atoms with Crippen LogP contribution in [0.25, 0.3) is 6.08 Å². The summed E-state index contributed by atoms with van der Waals surface area (Å²) in [5.41, 5.74) is 1.91. The number of rotatable bonds is 8. The van der Waals surface area contributed by atoms with Crippen LogP contribution in [0.5, 0.6) is 11.5 Å². The first-order chi connectivity index (χ1) is 14.4. The van der Waals surface area contributed by atoms with Crippen molar-refractivity contribution in [1.29, 1.82) is 0 Å². The van der Waals surface area contributed by atoms with Crippen LogP contribution >= 0.6 is 24.0 Å². The van der Waals surface area contributed by atoms with Gasteiger partial charge in [-0.05, 0) is 36.3 Å². The van der Waals surface area contributed by atoms with Gasteiger partial charge in [-0.25, -0.2) is 4.79 Å². The second kappa shape index (κ2) is 9.77. The summed E-state index contributed by atoms with van der Waals surface area (Å²) < 4.78 is 11.5. The van der Waals surface area contributed by atoms with E-state index in [-0.39, 0.29) is 4.32 Å². The van der Waals surface area contributed by atoms with Crippen LogP contribution in [0, 0.1) is 0 Å². The number of hydrogen-bond donors (Lipinski definition) is 1. The topological polar surface area (TPSA) is 76.1 Å². The Balaban J connectivity index is 1.72. The Bertz CT molecular complexity index is 990. The van der Waals surface area contributed by atoms with Gasteiger partial charge in [-0.2, -0.15) is 0 Å². The minimum Gasteiger partial charge on any atom is -0.493 e. The Labute approximate surface area is 184 Å². The van der Waals surface area contributed by atoms with Crippen LogP contribution in [0.15, 0.2) is 53.4 Å². The average molecular weight is 444 g/mol. The highest BCUT2D eigenvalue weighted by Gasteiger charge is 2.38. The van der Waals surface area contributed by atoms with Crippen molar-refractivity contribution < 1.29 is 24.2 Å². The van der Waals surface area contributed by atoms with Gasteiger partial charge in [-0.3, -0.25) is 9.69 Å². The SMILES string of the molecule is COc1cc(/C=C2\SC(=S)N(C(C)C(=O)O)C2=O)ccc1OCCc1ccccc1. The summed E-state index contributed by atoms with van der Waals surface area (Å²) in [6, 6.07) is 14.4. The number of hydrogen-bond acceptors (Lipinski definition) is 6. The number of carbonyl (C=O) groups is 2. The van der Waals surface area contributed by atoms with Crippen LogP contribution in [0.4, 0.5) is 0 Å². The van der Waals surface area contributed by atoms with Gasteiger partial charge in [0.15, 0.2) is 11.5 Å². The van der Waals surface area contributed by atoms with Crippen molar-refractivity contribution in [2.75, 3.05) is 13.7 Å². The zero-order valence-corrected chi connectivity index (χ0v) is 18.2. The van der Waals surface area contributed by atoms with Crippen molar-refractivity contribution in [3.63, 3.8) is 0 Å². The van der Waals surface area contributed by atoms with Gasteiger partial charge in [-0.1, -0.05) is 60.4 Å². The molecule has 1 aliphatic rings. The number of carbonyl (C=O) groups excluding carboxylic acids is 1. The number of thioether (sulfide) groups is 1. The Morgan fingerprint density at radius 2 is 1.97 bits per heavy atom. The Kier molecular flexibility index (Phi) is 7.12. The molecular weight excluding hydrogens is 422 g/mol. The Morgan fingerprint density at radius 3 is 2.63 bits per heavy atom. The minimum atomic E-state index is -1.11. The molecule has 1 heterocycles. The van der Waals surface area contributed by atoms with E-state index >= 15 is 0 Å². The Hall–Kier alpha value is -2.84. The number of benzene rings is 2. The first-order valence-electron chi connectivity index (χ1n) is 9.25. The third-order valence-electron chi connectivity index (χ3n) is 4.54. The van der Waals surface area contributed by atoms with Crippen LogP contribution in [0.2, 0.25) is 0 Å². The molecule has 1 saturated heterocycles. The highest BCUT2D eigenvalue weighted by atomic mass is 32.2. The summed E-state index contributed by atoms with van der Waals surface area (Å²) in [7, 11) is 1.55. The number of aliphatic carboxylic acids is 1. The lowest BCUT2D eigenvalue weighted by Crippen LogP contribution is -2.41. The molecule has 1 N–H and O–H groups in total. The van der Waals surface area contributed by atoms with Gasteiger partial charge in [0.25, 0.3) is 5.91 Å². The maximum absolute atomic E-state index is 12.6. The van der Waals surface area contributed by atoms with E-state index < -0.39 is 17.9 Å². The van der Waals surface area contributed by atoms with Crippen LogP contribution < -0.4 is 9.47 Å². The van der Waals surface area contributed by atoms with Crippen LogP contribution in [-0.2, 0) is 16.0 Å². The highest BCUT2D eigenvalue weighted by Crippen LogP contribution is 2.35. The maximum Gasteiger partial charge on any atom is 0.326 e. The summed E-state index contributed by atoms with van der Waals surface area (Å²) in [5.74, 6) is -0.364. The van der Waals surface area contributed by atoms with Crippen LogP contribution in [-0.4, -0.2) is 46.0 Å². The fraction of sp³-hybridized carbons (Fsp3) is 0.227.